The van der Waals surface area contributed by atoms with Crippen molar-refractivity contribution in [3.05, 3.63) is 30.3 Å². The molecule has 2 aliphatic carbocycles. The van der Waals surface area contributed by atoms with Gasteiger partial charge in [-0.25, -0.2) is 0 Å². The quantitative estimate of drug-likeness (QED) is 0.788. The van der Waals surface area contributed by atoms with Gasteiger partial charge in [0.1, 0.15) is 0 Å². The Balaban J connectivity index is 1.35. The molecule has 2 saturated carbocycles. The molecule has 0 aromatic heterocycles. The van der Waals surface area contributed by atoms with E-state index in [9.17, 15) is 0 Å². The third-order valence-corrected chi connectivity index (χ3v) is 5.01. The highest BCUT2D eigenvalue weighted by Crippen LogP contribution is 2.44. The van der Waals surface area contributed by atoms with Gasteiger partial charge in [-0.3, -0.25) is 0 Å². The number of para-hydroxylation sites is 1. The molecule has 3 rings (SSSR count). The Morgan fingerprint density at radius 1 is 1.16 bits per heavy atom. The molecule has 2 fully saturated rings. The minimum atomic E-state index is 0.834. The summed E-state index contributed by atoms with van der Waals surface area (Å²) in [4.78, 5) is 2.35. The van der Waals surface area contributed by atoms with Crippen molar-refractivity contribution in [3.63, 3.8) is 0 Å². The van der Waals surface area contributed by atoms with E-state index in [2.05, 4.69) is 47.6 Å². The molecule has 104 valence electrons. The summed E-state index contributed by atoms with van der Waals surface area (Å²) in [7, 11) is 2.19. The Morgan fingerprint density at radius 2 is 2.00 bits per heavy atom. The van der Waals surface area contributed by atoms with Crippen LogP contribution in [0.15, 0.2) is 30.3 Å². The lowest BCUT2D eigenvalue weighted by Gasteiger charge is -2.24. The number of fused-ring (bicyclic) bond motifs is 2. The van der Waals surface area contributed by atoms with Gasteiger partial charge < -0.3 is 10.2 Å². The van der Waals surface area contributed by atoms with Gasteiger partial charge in [0, 0.05) is 25.3 Å². The van der Waals surface area contributed by atoms with Crippen molar-refractivity contribution in [3.8, 4) is 0 Å². The number of hydrogen-bond donors (Lipinski definition) is 1. The van der Waals surface area contributed by atoms with E-state index in [1.165, 1.54) is 44.3 Å². The first-order valence-corrected chi connectivity index (χ1v) is 7.82. The fourth-order valence-electron chi connectivity index (χ4n) is 3.91. The number of rotatable bonds is 6. The first-order valence-electron chi connectivity index (χ1n) is 7.82. The summed E-state index contributed by atoms with van der Waals surface area (Å²) < 4.78 is 0. The molecule has 2 nitrogen and oxygen atoms in total. The van der Waals surface area contributed by atoms with E-state index in [4.69, 9.17) is 0 Å². The summed E-state index contributed by atoms with van der Waals surface area (Å²) >= 11 is 0. The summed E-state index contributed by atoms with van der Waals surface area (Å²) in [6, 6.07) is 11.5. The van der Waals surface area contributed by atoms with Gasteiger partial charge in [-0.05, 0) is 56.2 Å². The largest absolute Gasteiger partial charge is 0.375 e. The van der Waals surface area contributed by atoms with Crippen molar-refractivity contribution in [2.75, 3.05) is 25.0 Å². The minimum absolute atomic E-state index is 0.834. The number of benzene rings is 1. The summed E-state index contributed by atoms with van der Waals surface area (Å²) in [5.41, 5.74) is 1.32. The summed E-state index contributed by atoms with van der Waals surface area (Å²) in [6.07, 6.45) is 7.16. The molecule has 3 atom stereocenters. The third-order valence-electron chi connectivity index (χ3n) is 5.01. The predicted molar refractivity (Wildman–Crippen MR) is 81.6 cm³/mol. The lowest BCUT2D eigenvalue weighted by Crippen LogP contribution is -2.35. The molecule has 2 bridgehead atoms. The average molecular weight is 258 g/mol. The van der Waals surface area contributed by atoms with Crippen LogP contribution in [0.5, 0.6) is 0 Å². The van der Waals surface area contributed by atoms with Crippen LogP contribution in [0.4, 0.5) is 5.69 Å². The van der Waals surface area contributed by atoms with Crippen molar-refractivity contribution in [1.82, 2.24) is 5.32 Å². The third kappa shape index (κ3) is 3.11. The SMILES string of the molecule is CN(CCCNC1CC2CCC1C2)c1ccccc1. The van der Waals surface area contributed by atoms with Crippen LogP contribution in [0.25, 0.3) is 0 Å². The second-order valence-corrected chi connectivity index (χ2v) is 6.35. The number of anilines is 1. The Kier molecular flexibility index (Phi) is 4.07. The summed E-state index contributed by atoms with van der Waals surface area (Å²) in [5.74, 6) is 2.05. The van der Waals surface area contributed by atoms with Crippen molar-refractivity contribution in [2.24, 2.45) is 11.8 Å². The van der Waals surface area contributed by atoms with Crippen LogP contribution in [0.1, 0.15) is 32.1 Å². The molecular weight excluding hydrogens is 232 g/mol. The highest BCUT2D eigenvalue weighted by atomic mass is 15.1. The van der Waals surface area contributed by atoms with Crippen molar-refractivity contribution in [2.45, 2.75) is 38.1 Å². The zero-order valence-electron chi connectivity index (χ0n) is 12.0. The fourth-order valence-corrected chi connectivity index (χ4v) is 3.91. The van der Waals surface area contributed by atoms with E-state index in [0.717, 1.165) is 24.4 Å². The molecule has 0 amide bonds. The molecule has 3 unspecified atom stereocenters. The van der Waals surface area contributed by atoms with E-state index in [-0.39, 0.29) is 0 Å². The maximum absolute atomic E-state index is 3.79. The molecule has 1 aromatic rings. The standard InChI is InChI=1S/C17H26N2/c1-19(16-6-3-2-4-7-16)11-5-10-18-17-13-14-8-9-15(17)12-14/h2-4,6-7,14-15,17-18H,5,8-13H2,1H3. The first kappa shape index (κ1) is 13.0. The lowest BCUT2D eigenvalue weighted by atomic mass is 9.95. The van der Waals surface area contributed by atoms with Crippen molar-refractivity contribution < 1.29 is 0 Å². The van der Waals surface area contributed by atoms with Crippen molar-refractivity contribution >= 4 is 5.69 Å². The van der Waals surface area contributed by atoms with E-state index in [0.29, 0.717) is 0 Å². The fraction of sp³-hybridized carbons (Fsp3) is 0.647. The maximum Gasteiger partial charge on any atom is 0.0363 e. The molecule has 0 radical (unpaired) electrons. The van der Waals surface area contributed by atoms with Crippen LogP contribution in [0.2, 0.25) is 0 Å². The van der Waals surface area contributed by atoms with Gasteiger partial charge in [0.2, 0.25) is 0 Å². The number of nitrogens with one attached hydrogen (secondary N) is 1. The Labute approximate surface area is 117 Å². The first-order chi connectivity index (χ1) is 9.33. The molecule has 2 heteroatoms. The smallest absolute Gasteiger partial charge is 0.0363 e. The highest BCUT2D eigenvalue weighted by Gasteiger charge is 2.38. The van der Waals surface area contributed by atoms with Crippen LogP contribution >= 0.6 is 0 Å². The summed E-state index contributed by atoms with van der Waals surface area (Å²) in [5, 5.41) is 3.79. The maximum atomic E-state index is 3.79. The van der Waals surface area contributed by atoms with Gasteiger partial charge in [0.15, 0.2) is 0 Å². The zero-order chi connectivity index (χ0) is 13.1. The van der Waals surface area contributed by atoms with Gasteiger partial charge in [-0.2, -0.15) is 0 Å². The Hall–Kier alpha value is -1.02. The van der Waals surface area contributed by atoms with E-state index in [1.807, 2.05) is 0 Å². The molecule has 19 heavy (non-hydrogen) atoms. The molecular formula is C17H26N2. The molecule has 0 saturated heterocycles. The number of hydrogen-bond acceptors (Lipinski definition) is 2. The van der Waals surface area contributed by atoms with Crippen LogP contribution in [0.3, 0.4) is 0 Å². The normalized spacial score (nSPS) is 28.8. The molecule has 1 aromatic carbocycles. The van der Waals surface area contributed by atoms with Gasteiger partial charge in [-0.1, -0.05) is 24.6 Å². The van der Waals surface area contributed by atoms with E-state index < -0.39 is 0 Å². The zero-order valence-corrected chi connectivity index (χ0v) is 12.0. The minimum Gasteiger partial charge on any atom is -0.375 e. The Bertz CT molecular complexity index is 390. The molecule has 2 aliphatic rings. The molecule has 0 heterocycles. The molecule has 0 aliphatic heterocycles. The molecule has 0 spiro atoms. The second-order valence-electron chi connectivity index (χ2n) is 6.35. The monoisotopic (exact) mass is 258 g/mol. The van der Waals surface area contributed by atoms with Crippen molar-refractivity contribution in [1.29, 1.82) is 0 Å². The van der Waals surface area contributed by atoms with E-state index in [1.54, 1.807) is 0 Å². The van der Waals surface area contributed by atoms with Gasteiger partial charge in [0.05, 0.1) is 0 Å². The second kappa shape index (κ2) is 5.96. The highest BCUT2D eigenvalue weighted by molar-refractivity contribution is 5.44. The van der Waals surface area contributed by atoms with Crippen LogP contribution in [-0.4, -0.2) is 26.2 Å². The lowest BCUT2D eigenvalue weighted by molar-refractivity contribution is 0.351. The number of nitrogens with zero attached hydrogens (tertiary/aromatic N) is 1. The Morgan fingerprint density at radius 3 is 2.68 bits per heavy atom. The van der Waals surface area contributed by atoms with E-state index >= 15 is 0 Å². The summed E-state index contributed by atoms with van der Waals surface area (Å²) in [6.45, 7) is 2.31. The van der Waals surface area contributed by atoms with Gasteiger partial charge >= 0.3 is 0 Å². The van der Waals surface area contributed by atoms with Crippen LogP contribution in [0, 0.1) is 11.8 Å². The predicted octanol–water partition coefficient (Wildman–Crippen LogP) is 3.29. The molecule has 1 N–H and O–H groups in total. The van der Waals surface area contributed by atoms with Crippen LogP contribution in [-0.2, 0) is 0 Å². The average Bonchev–Trinajstić information content (AvgIpc) is 3.07. The topological polar surface area (TPSA) is 15.3 Å². The van der Waals surface area contributed by atoms with Crippen LogP contribution < -0.4 is 10.2 Å². The van der Waals surface area contributed by atoms with Gasteiger partial charge in [0.25, 0.3) is 0 Å². The van der Waals surface area contributed by atoms with Gasteiger partial charge in [-0.15, -0.1) is 0 Å².